The molecule has 6 nitrogen and oxygen atoms in total. The number of hydrogen-bond donors (Lipinski definition) is 2. The summed E-state index contributed by atoms with van der Waals surface area (Å²) >= 11 is 2.86. The molecule has 2 heterocycles. The van der Waals surface area contributed by atoms with Gasteiger partial charge in [-0.05, 0) is 49.1 Å². The van der Waals surface area contributed by atoms with Crippen molar-refractivity contribution in [3.8, 4) is 0 Å². The highest BCUT2D eigenvalue weighted by molar-refractivity contribution is 7.98. The monoisotopic (exact) mass is 398 g/mol. The molecule has 2 aromatic heterocycles. The lowest BCUT2D eigenvalue weighted by molar-refractivity contribution is 0.0849. The molecule has 1 aromatic carbocycles. The molecule has 0 aliphatic heterocycles. The largest absolute Gasteiger partial charge is 0.279 e. The van der Waals surface area contributed by atoms with Crippen LogP contribution in [-0.4, -0.2) is 21.8 Å². The molecule has 0 aliphatic carbocycles. The zero-order chi connectivity index (χ0) is 19.2. The molecule has 0 unspecified atom stereocenters. The van der Waals surface area contributed by atoms with E-state index in [1.807, 2.05) is 32.0 Å². The smallest absolute Gasteiger partial charge is 0.267 e. The third-order valence-electron chi connectivity index (χ3n) is 3.58. The van der Waals surface area contributed by atoms with E-state index in [1.165, 1.54) is 11.3 Å². The van der Waals surface area contributed by atoms with Crippen LogP contribution in [0, 0.1) is 13.8 Å². The average Bonchev–Trinajstić information content (AvgIpc) is 3.19. The normalized spacial score (nSPS) is 10.4. The van der Waals surface area contributed by atoms with Gasteiger partial charge in [-0.1, -0.05) is 30.0 Å². The van der Waals surface area contributed by atoms with Crippen molar-refractivity contribution in [3.05, 3.63) is 75.2 Å². The van der Waals surface area contributed by atoms with Crippen molar-refractivity contribution < 1.29 is 9.59 Å². The predicted molar refractivity (Wildman–Crippen MR) is 107 cm³/mol. The van der Waals surface area contributed by atoms with Gasteiger partial charge in [-0.2, -0.15) is 0 Å². The molecule has 0 bridgehead atoms. The van der Waals surface area contributed by atoms with Crippen LogP contribution >= 0.6 is 23.1 Å². The van der Waals surface area contributed by atoms with E-state index in [0.717, 1.165) is 22.1 Å². The number of aryl methyl sites for hydroxylation is 2. The molecule has 8 heteroatoms. The van der Waals surface area contributed by atoms with Crippen LogP contribution in [-0.2, 0) is 5.75 Å². The molecule has 2 amide bonds. The van der Waals surface area contributed by atoms with Crippen molar-refractivity contribution in [1.82, 2.24) is 20.8 Å². The van der Waals surface area contributed by atoms with Crippen molar-refractivity contribution >= 4 is 34.9 Å². The lowest BCUT2D eigenvalue weighted by Gasteiger charge is -2.07. The number of nitrogens with zero attached hydrogens (tertiary/aromatic N) is 2. The predicted octanol–water partition coefficient (Wildman–Crippen LogP) is 3.52. The summed E-state index contributed by atoms with van der Waals surface area (Å²) in [6, 6.07) is 12.6. The number of thioether (sulfide) groups is 1. The molecule has 0 atom stereocenters. The summed E-state index contributed by atoms with van der Waals surface area (Å²) in [6.07, 6.45) is 0. The minimum absolute atomic E-state index is 0.334. The van der Waals surface area contributed by atoms with Crippen molar-refractivity contribution in [2.24, 2.45) is 0 Å². The van der Waals surface area contributed by atoms with Crippen LogP contribution in [0.15, 0.2) is 53.0 Å². The number of carbonyl (C=O) groups excluding carboxylic acids is 2. The third-order valence-corrected chi connectivity index (χ3v) is 5.37. The van der Waals surface area contributed by atoms with Gasteiger partial charge in [0.05, 0.1) is 4.88 Å². The highest BCUT2D eigenvalue weighted by atomic mass is 32.2. The fourth-order valence-corrected chi connectivity index (χ4v) is 3.84. The number of rotatable bonds is 5. The third kappa shape index (κ3) is 5.38. The molecular formula is C19H18N4O2S2. The van der Waals surface area contributed by atoms with E-state index in [0.29, 0.717) is 16.2 Å². The average molecular weight is 399 g/mol. The summed E-state index contributed by atoms with van der Waals surface area (Å²) in [5.74, 6) is 0.0106. The molecular weight excluding hydrogens is 380 g/mol. The molecule has 27 heavy (non-hydrogen) atoms. The molecule has 138 valence electrons. The van der Waals surface area contributed by atoms with E-state index >= 15 is 0 Å². The molecule has 3 rings (SSSR count). The highest BCUT2D eigenvalue weighted by Crippen LogP contribution is 2.20. The van der Waals surface area contributed by atoms with Gasteiger partial charge >= 0.3 is 0 Å². The summed E-state index contributed by atoms with van der Waals surface area (Å²) in [5.41, 5.74) is 8.25. The highest BCUT2D eigenvalue weighted by Gasteiger charge is 2.10. The van der Waals surface area contributed by atoms with Gasteiger partial charge in [0, 0.05) is 22.7 Å². The second-order valence-corrected chi connectivity index (χ2v) is 7.69. The van der Waals surface area contributed by atoms with E-state index in [1.54, 1.807) is 41.4 Å². The Labute approximate surface area is 165 Å². The molecule has 0 spiro atoms. The van der Waals surface area contributed by atoms with Crippen LogP contribution in [0.5, 0.6) is 0 Å². The van der Waals surface area contributed by atoms with Gasteiger partial charge in [-0.25, -0.2) is 9.97 Å². The van der Waals surface area contributed by atoms with Gasteiger partial charge in [-0.3, -0.25) is 20.4 Å². The summed E-state index contributed by atoms with van der Waals surface area (Å²) in [4.78, 5) is 33.3. The fraction of sp³-hybridized carbons (Fsp3) is 0.158. The Morgan fingerprint density at radius 1 is 1.00 bits per heavy atom. The Morgan fingerprint density at radius 2 is 1.67 bits per heavy atom. The quantitative estimate of drug-likeness (QED) is 0.390. The number of hydrazine groups is 1. The number of hydrogen-bond acceptors (Lipinski definition) is 6. The van der Waals surface area contributed by atoms with Crippen LogP contribution in [0.1, 0.15) is 37.0 Å². The Morgan fingerprint density at radius 3 is 2.30 bits per heavy atom. The number of aromatic nitrogens is 2. The van der Waals surface area contributed by atoms with E-state index in [-0.39, 0.29) is 11.8 Å². The lowest BCUT2D eigenvalue weighted by Crippen LogP contribution is -2.41. The Bertz CT molecular complexity index is 921. The number of benzene rings is 1. The molecule has 0 saturated carbocycles. The minimum atomic E-state index is -0.364. The maximum absolute atomic E-state index is 12.1. The van der Waals surface area contributed by atoms with Crippen LogP contribution < -0.4 is 10.9 Å². The molecule has 0 aliphatic rings. The van der Waals surface area contributed by atoms with Crippen LogP contribution in [0.4, 0.5) is 0 Å². The van der Waals surface area contributed by atoms with Gasteiger partial charge in [-0.15, -0.1) is 11.3 Å². The van der Waals surface area contributed by atoms with E-state index < -0.39 is 0 Å². The van der Waals surface area contributed by atoms with Gasteiger partial charge in [0.15, 0.2) is 5.16 Å². The van der Waals surface area contributed by atoms with E-state index in [2.05, 4.69) is 20.8 Å². The molecule has 0 fully saturated rings. The SMILES string of the molecule is Cc1cc(C)nc(SCc2ccc(C(=O)NNC(=O)c3cccs3)cc2)n1. The molecule has 0 radical (unpaired) electrons. The summed E-state index contributed by atoms with van der Waals surface area (Å²) in [6.45, 7) is 3.90. The van der Waals surface area contributed by atoms with Crippen LogP contribution in [0.25, 0.3) is 0 Å². The summed E-state index contributed by atoms with van der Waals surface area (Å²) in [5, 5.41) is 2.54. The van der Waals surface area contributed by atoms with Gasteiger partial charge < -0.3 is 0 Å². The second kappa shape index (κ2) is 8.79. The lowest BCUT2D eigenvalue weighted by atomic mass is 10.1. The zero-order valence-electron chi connectivity index (χ0n) is 14.9. The van der Waals surface area contributed by atoms with Gasteiger partial charge in [0.1, 0.15) is 0 Å². The Hall–Kier alpha value is -2.71. The van der Waals surface area contributed by atoms with Gasteiger partial charge in [0.25, 0.3) is 11.8 Å². The van der Waals surface area contributed by atoms with Crippen molar-refractivity contribution in [2.45, 2.75) is 24.8 Å². The Balaban J connectivity index is 1.53. The molecule has 0 saturated heterocycles. The summed E-state index contributed by atoms with van der Waals surface area (Å²) < 4.78 is 0. The van der Waals surface area contributed by atoms with Crippen molar-refractivity contribution in [2.75, 3.05) is 0 Å². The molecule has 3 aromatic rings. The summed E-state index contributed by atoms with van der Waals surface area (Å²) in [7, 11) is 0. The first-order valence-corrected chi connectivity index (χ1v) is 10.1. The first-order valence-electron chi connectivity index (χ1n) is 8.19. The Kier molecular flexibility index (Phi) is 6.20. The van der Waals surface area contributed by atoms with E-state index in [4.69, 9.17) is 0 Å². The van der Waals surface area contributed by atoms with E-state index in [9.17, 15) is 9.59 Å². The number of thiophene rings is 1. The first kappa shape index (κ1) is 19.1. The van der Waals surface area contributed by atoms with Crippen molar-refractivity contribution in [3.63, 3.8) is 0 Å². The second-order valence-electron chi connectivity index (χ2n) is 5.80. The first-order chi connectivity index (χ1) is 13.0. The van der Waals surface area contributed by atoms with Crippen LogP contribution in [0.2, 0.25) is 0 Å². The minimum Gasteiger partial charge on any atom is -0.267 e. The standard InChI is InChI=1S/C19H18N4O2S2/c1-12-10-13(2)21-19(20-12)27-11-14-5-7-15(8-6-14)17(24)22-23-18(25)16-4-3-9-26-16/h3-10H,11H2,1-2H3,(H,22,24)(H,23,25). The van der Waals surface area contributed by atoms with Crippen LogP contribution in [0.3, 0.4) is 0 Å². The fourth-order valence-electron chi connectivity index (χ4n) is 2.31. The van der Waals surface area contributed by atoms with Gasteiger partial charge in [0.2, 0.25) is 0 Å². The topological polar surface area (TPSA) is 84.0 Å². The zero-order valence-corrected chi connectivity index (χ0v) is 16.5. The molecule has 2 N–H and O–H groups in total. The number of nitrogens with one attached hydrogen (secondary N) is 2. The number of amides is 2. The number of carbonyl (C=O) groups is 2. The maximum Gasteiger partial charge on any atom is 0.279 e. The maximum atomic E-state index is 12.1. The van der Waals surface area contributed by atoms with Crippen molar-refractivity contribution in [1.29, 1.82) is 0 Å².